The highest BCUT2D eigenvalue weighted by Crippen LogP contribution is 2.22. The van der Waals surface area contributed by atoms with Crippen molar-refractivity contribution < 1.29 is 0 Å². The summed E-state index contributed by atoms with van der Waals surface area (Å²) < 4.78 is 0. The fourth-order valence-corrected chi connectivity index (χ4v) is 2.84. The van der Waals surface area contributed by atoms with Crippen LogP contribution in [0.15, 0.2) is 11.3 Å². The molecule has 0 bridgehead atoms. The van der Waals surface area contributed by atoms with Gasteiger partial charge in [0.1, 0.15) is 0 Å². The summed E-state index contributed by atoms with van der Waals surface area (Å²) in [6, 6.07) is 0.664. The van der Waals surface area contributed by atoms with Gasteiger partial charge in [0.2, 0.25) is 0 Å². The van der Waals surface area contributed by atoms with Gasteiger partial charge in [0.05, 0.1) is 8.07 Å². The highest BCUT2D eigenvalue weighted by Gasteiger charge is 2.26. The molecule has 0 aromatic carbocycles. The zero-order chi connectivity index (χ0) is 8.65. The summed E-state index contributed by atoms with van der Waals surface area (Å²) in [6.07, 6.45) is 2.45. The first kappa shape index (κ1) is 9.01. The number of likely N-dealkylation sites (N-methyl/N-ethyl adjacent to an activating group) is 1. The average Bonchev–Trinajstić information content (AvgIpc) is 2.11. The van der Waals surface area contributed by atoms with Crippen molar-refractivity contribution >= 4 is 8.07 Å². The van der Waals surface area contributed by atoms with Crippen LogP contribution in [0.4, 0.5) is 0 Å². The highest BCUT2D eigenvalue weighted by molar-refractivity contribution is 6.83. The lowest BCUT2D eigenvalue weighted by atomic mass is 10.3. The van der Waals surface area contributed by atoms with Crippen LogP contribution in [-0.2, 0) is 0 Å². The van der Waals surface area contributed by atoms with Crippen molar-refractivity contribution in [3.63, 3.8) is 0 Å². The Hall–Kier alpha value is -0.0831. The highest BCUT2D eigenvalue weighted by atomic mass is 28.3. The van der Waals surface area contributed by atoms with E-state index in [4.69, 9.17) is 0 Å². The Labute approximate surface area is 71.1 Å². The molecule has 1 nitrogen and oxygen atoms in total. The normalized spacial score (nSPS) is 27.4. The zero-order valence-corrected chi connectivity index (χ0v) is 9.31. The van der Waals surface area contributed by atoms with Crippen LogP contribution in [0.1, 0.15) is 6.92 Å². The molecule has 1 rings (SSSR count). The van der Waals surface area contributed by atoms with Crippen molar-refractivity contribution in [1.29, 1.82) is 0 Å². The van der Waals surface area contributed by atoms with Crippen LogP contribution < -0.4 is 0 Å². The lowest BCUT2D eigenvalue weighted by molar-refractivity contribution is 0.350. The summed E-state index contributed by atoms with van der Waals surface area (Å²) in [5, 5.41) is 1.72. The van der Waals surface area contributed by atoms with Crippen LogP contribution in [0, 0.1) is 0 Å². The molecular formula is C9H19NSi. The van der Waals surface area contributed by atoms with Gasteiger partial charge in [-0.3, -0.25) is 4.90 Å². The molecule has 1 atom stereocenters. The van der Waals surface area contributed by atoms with Crippen LogP contribution >= 0.6 is 0 Å². The maximum Gasteiger partial charge on any atom is 0.0737 e. The predicted octanol–water partition coefficient (Wildman–Crippen LogP) is 2.12. The minimum atomic E-state index is -0.988. The Morgan fingerprint density at radius 3 is 2.18 bits per heavy atom. The van der Waals surface area contributed by atoms with E-state index in [1.165, 1.54) is 6.54 Å². The quantitative estimate of drug-likeness (QED) is 0.544. The molecule has 2 heteroatoms. The zero-order valence-electron chi connectivity index (χ0n) is 8.31. The second-order valence-electron chi connectivity index (χ2n) is 4.60. The summed E-state index contributed by atoms with van der Waals surface area (Å²) in [6.45, 7) is 10.7. The van der Waals surface area contributed by atoms with Crippen LogP contribution in [-0.4, -0.2) is 32.6 Å². The molecule has 0 spiro atoms. The van der Waals surface area contributed by atoms with Gasteiger partial charge in [-0.15, -0.1) is 0 Å². The van der Waals surface area contributed by atoms with E-state index >= 15 is 0 Å². The third-order valence-electron chi connectivity index (χ3n) is 2.52. The van der Waals surface area contributed by atoms with Gasteiger partial charge in [0.25, 0.3) is 0 Å². The van der Waals surface area contributed by atoms with Crippen LogP contribution in [0.2, 0.25) is 19.6 Å². The predicted molar refractivity (Wildman–Crippen MR) is 53.5 cm³/mol. The SMILES string of the molecule is CC1C=C([Si](C)(C)C)CN1C. The van der Waals surface area contributed by atoms with Gasteiger partial charge >= 0.3 is 0 Å². The van der Waals surface area contributed by atoms with Gasteiger partial charge in [-0.25, -0.2) is 0 Å². The Morgan fingerprint density at radius 2 is 2.00 bits per heavy atom. The van der Waals surface area contributed by atoms with Crippen molar-refractivity contribution in [2.45, 2.75) is 32.6 Å². The Morgan fingerprint density at radius 1 is 1.45 bits per heavy atom. The van der Waals surface area contributed by atoms with Crippen LogP contribution in [0.25, 0.3) is 0 Å². The van der Waals surface area contributed by atoms with Crippen molar-refractivity contribution in [3.8, 4) is 0 Å². The molecule has 1 aliphatic heterocycles. The van der Waals surface area contributed by atoms with Crippen molar-refractivity contribution in [1.82, 2.24) is 4.90 Å². The maximum absolute atomic E-state index is 2.45. The first-order valence-corrected chi connectivity index (χ1v) is 7.82. The van der Waals surface area contributed by atoms with E-state index in [0.29, 0.717) is 6.04 Å². The van der Waals surface area contributed by atoms with Crippen LogP contribution in [0.3, 0.4) is 0 Å². The van der Waals surface area contributed by atoms with Gasteiger partial charge in [0, 0.05) is 12.6 Å². The minimum absolute atomic E-state index is 0.664. The molecule has 0 aromatic heterocycles. The summed E-state index contributed by atoms with van der Waals surface area (Å²) in [4.78, 5) is 2.41. The van der Waals surface area contributed by atoms with E-state index in [1.54, 1.807) is 5.20 Å². The van der Waals surface area contributed by atoms with Gasteiger partial charge < -0.3 is 0 Å². The number of hydrogen-bond acceptors (Lipinski definition) is 1. The largest absolute Gasteiger partial charge is 0.297 e. The number of hydrogen-bond donors (Lipinski definition) is 0. The molecule has 0 aliphatic carbocycles. The van der Waals surface area contributed by atoms with E-state index in [-0.39, 0.29) is 0 Å². The van der Waals surface area contributed by atoms with Gasteiger partial charge in [0.15, 0.2) is 0 Å². The molecule has 1 unspecified atom stereocenters. The van der Waals surface area contributed by atoms with Gasteiger partial charge in [-0.1, -0.05) is 30.9 Å². The van der Waals surface area contributed by atoms with E-state index in [0.717, 1.165) is 0 Å². The molecule has 1 aliphatic rings. The molecule has 11 heavy (non-hydrogen) atoms. The Balaban J connectivity index is 2.71. The second-order valence-corrected chi connectivity index (χ2v) is 9.74. The lowest BCUT2D eigenvalue weighted by Gasteiger charge is -2.19. The molecule has 0 fully saturated rings. The van der Waals surface area contributed by atoms with E-state index in [2.05, 4.69) is 44.6 Å². The summed E-state index contributed by atoms with van der Waals surface area (Å²) in [5.74, 6) is 0. The van der Waals surface area contributed by atoms with E-state index in [1.807, 2.05) is 0 Å². The molecule has 1 heterocycles. The third kappa shape index (κ3) is 1.94. The third-order valence-corrected chi connectivity index (χ3v) is 4.77. The Kier molecular flexibility index (Phi) is 2.26. The summed E-state index contributed by atoms with van der Waals surface area (Å²) in [7, 11) is 1.21. The van der Waals surface area contributed by atoms with Crippen LogP contribution in [0.5, 0.6) is 0 Å². The molecule has 0 radical (unpaired) electrons. The molecule has 0 amide bonds. The first-order valence-electron chi connectivity index (χ1n) is 4.32. The molecular weight excluding hydrogens is 150 g/mol. The average molecular weight is 169 g/mol. The number of rotatable bonds is 1. The van der Waals surface area contributed by atoms with Crippen molar-refractivity contribution in [3.05, 3.63) is 11.3 Å². The second kappa shape index (κ2) is 2.76. The minimum Gasteiger partial charge on any atom is -0.297 e. The van der Waals surface area contributed by atoms with Crippen molar-refractivity contribution in [2.75, 3.05) is 13.6 Å². The van der Waals surface area contributed by atoms with Gasteiger partial charge in [-0.05, 0) is 14.0 Å². The monoisotopic (exact) mass is 169 g/mol. The fraction of sp³-hybridized carbons (Fsp3) is 0.778. The Bertz CT molecular complexity index is 178. The smallest absolute Gasteiger partial charge is 0.0737 e. The van der Waals surface area contributed by atoms with Gasteiger partial charge in [-0.2, -0.15) is 0 Å². The first-order chi connectivity index (χ1) is 4.91. The fourth-order valence-electron chi connectivity index (χ4n) is 1.37. The number of nitrogens with zero attached hydrogens (tertiary/aromatic N) is 1. The summed E-state index contributed by atoms with van der Waals surface area (Å²) >= 11 is 0. The standard InChI is InChI=1S/C9H19NSi/c1-8-6-9(7-10(8)2)11(3,4)5/h6,8H,7H2,1-5H3. The molecule has 0 saturated carbocycles. The lowest BCUT2D eigenvalue weighted by Crippen LogP contribution is -2.29. The maximum atomic E-state index is 2.45. The topological polar surface area (TPSA) is 3.24 Å². The molecule has 64 valence electrons. The molecule has 0 saturated heterocycles. The van der Waals surface area contributed by atoms with E-state index < -0.39 is 8.07 Å². The van der Waals surface area contributed by atoms with Crippen molar-refractivity contribution in [2.24, 2.45) is 0 Å². The summed E-state index contributed by atoms with van der Waals surface area (Å²) in [5.41, 5.74) is 0. The van der Waals surface area contributed by atoms with E-state index in [9.17, 15) is 0 Å². The molecule has 0 N–H and O–H groups in total. The molecule has 0 aromatic rings.